The Kier molecular flexibility index (Phi) is 53.1. The van der Waals surface area contributed by atoms with Crippen LogP contribution in [0, 0.1) is 0 Å². The molecule has 1 N–H and O–H groups in total. The van der Waals surface area contributed by atoms with Crippen molar-refractivity contribution in [2.75, 3.05) is 47.5 Å². The van der Waals surface area contributed by atoms with Gasteiger partial charge in [-0.05, 0) is 96.3 Å². The first-order chi connectivity index (χ1) is 36.6. The highest BCUT2D eigenvalue weighted by atomic mass is 16.7. The van der Waals surface area contributed by atoms with Crippen molar-refractivity contribution in [3.63, 3.8) is 0 Å². The van der Waals surface area contributed by atoms with Crippen LogP contribution in [0.5, 0.6) is 0 Å². The molecule has 2 atom stereocenters. The average molecular weight is 1050 g/mol. The van der Waals surface area contributed by atoms with Gasteiger partial charge in [-0.25, -0.2) is 4.79 Å². The fourth-order valence-corrected chi connectivity index (χ4v) is 7.97. The predicted molar refractivity (Wildman–Crippen MR) is 318 cm³/mol. The number of nitrogens with zero attached hydrogens (tertiary/aromatic N) is 1. The lowest BCUT2D eigenvalue weighted by atomic mass is 10.0. The average Bonchev–Trinajstić information content (AvgIpc) is 3.38. The molecule has 9 heteroatoms. The third kappa shape index (κ3) is 57.5. The van der Waals surface area contributed by atoms with E-state index in [4.69, 9.17) is 18.9 Å². The third-order valence-corrected chi connectivity index (χ3v) is 12.5. The standard InChI is InChI=1S/C66H111NO8/c1-6-8-10-12-14-16-18-20-22-24-26-28-29-30-31-32-33-34-35-37-38-40-42-44-46-48-50-52-54-56-63(68)73-60-62(61-74-66(65(70)71)72-59-58-67(3,4)5)75-64(69)57-55-53-51-49-47-45-43-41-39-36-27-25-23-21-19-17-15-13-11-9-7-2/h8-11,14-17,20-23,26-28,36,41,43,62,66H,6-7,12-13,18-19,24-25,29-35,37-40,42,44-61H2,1-5H3/p+1/b10-8-,11-9-,16-14-,17-15-,22-20-,23-21-,28-26-,36-27-,43-41-. The van der Waals surface area contributed by atoms with Crippen molar-refractivity contribution in [1.29, 1.82) is 0 Å². The Labute approximate surface area is 460 Å². The van der Waals surface area contributed by atoms with E-state index in [9.17, 15) is 19.5 Å². The Balaban J connectivity index is 4.23. The summed E-state index contributed by atoms with van der Waals surface area (Å²) in [7, 11) is 5.96. The van der Waals surface area contributed by atoms with Crippen LogP contribution in [0.15, 0.2) is 109 Å². The molecule has 0 rings (SSSR count). The summed E-state index contributed by atoms with van der Waals surface area (Å²) < 4.78 is 22.9. The number of hydrogen-bond donors (Lipinski definition) is 1. The minimum atomic E-state index is -1.52. The van der Waals surface area contributed by atoms with Crippen molar-refractivity contribution in [3.05, 3.63) is 109 Å². The smallest absolute Gasteiger partial charge is 0.361 e. The van der Waals surface area contributed by atoms with E-state index in [1.807, 2.05) is 21.1 Å². The van der Waals surface area contributed by atoms with Crippen molar-refractivity contribution in [1.82, 2.24) is 0 Å². The first kappa shape index (κ1) is 71.0. The minimum Gasteiger partial charge on any atom is -0.477 e. The number of carboxylic acids is 1. The molecule has 0 aliphatic heterocycles. The van der Waals surface area contributed by atoms with Gasteiger partial charge in [-0.1, -0.05) is 232 Å². The van der Waals surface area contributed by atoms with Crippen LogP contribution in [0.25, 0.3) is 0 Å². The molecule has 0 amide bonds. The van der Waals surface area contributed by atoms with Gasteiger partial charge in [-0.2, -0.15) is 0 Å². The summed E-state index contributed by atoms with van der Waals surface area (Å²) in [6, 6.07) is 0. The molecule has 2 unspecified atom stereocenters. The van der Waals surface area contributed by atoms with E-state index in [2.05, 4.69) is 123 Å². The molecular formula is C66H112NO8+. The number of ether oxygens (including phenoxy) is 4. The number of carbonyl (C=O) groups excluding carboxylic acids is 2. The van der Waals surface area contributed by atoms with Crippen LogP contribution >= 0.6 is 0 Å². The summed E-state index contributed by atoms with van der Waals surface area (Å²) in [6.07, 6.45) is 74.6. The van der Waals surface area contributed by atoms with Crippen molar-refractivity contribution in [3.8, 4) is 0 Å². The summed E-state index contributed by atoms with van der Waals surface area (Å²) in [5.41, 5.74) is 0. The summed E-state index contributed by atoms with van der Waals surface area (Å²) in [6.45, 7) is 4.63. The zero-order valence-corrected chi connectivity index (χ0v) is 48.7. The van der Waals surface area contributed by atoms with E-state index in [0.29, 0.717) is 23.9 Å². The normalized spacial score (nSPS) is 13.6. The molecule has 0 bridgehead atoms. The zero-order chi connectivity index (χ0) is 54.8. The van der Waals surface area contributed by atoms with Crippen molar-refractivity contribution < 1.29 is 42.9 Å². The van der Waals surface area contributed by atoms with E-state index >= 15 is 0 Å². The van der Waals surface area contributed by atoms with Crippen molar-refractivity contribution in [2.45, 2.75) is 245 Å². The molecule has 75 heavy (non-hydrogen) atoms. The van der Waals surface area contributed by atoms with Crippen LogP contribution in [-0.4, -0.2) is 87.4 Å². The number of hydrogen-bond acceptors (Lipinski definition) is 7. The Morgan fingerprint density at radius 3 is 1.07 bits per heavy atom. The molecule has 0 radical (unpaired) electrons. The van der Waals surface area contributed by atoms with Gasteiger partial charge in [0.1, 0.15) is 13.2 Å². The number of carboxylic acid groups (broad SMARTS) is 1. The molecule has 0 aliphatic carbocycles. The Morgan fingerprint density at radius 1 is 0.400 bits per heavy atom. The Bertz CT molecular complexity index is 1590. The minimum absolute atomic E-state index is 0.179. The number of rotatable bonds is 54. The SMILES string of the molecule is CC/C=C\C/C=C\C/C=C\C/C=C\C/C=C\CCCCCCCC(=O)OC(COC(=O)CCCCCCCCCCCCCCCCCC/C=C\C/C=C\C/C=C\C/C=C\CC)COC(OCC[N+](C)(C)C)C(=O)O. The molecule has 428 valence electrons. The first-order valence-corrected chi connectivity index (χ1v) is 30.1. The second kappa shape index (κ2) is 56.2. The first-order valence-electron chi connectivity index (χ1n) is 30.1. The van der Waals surface area contributed by atoms with Crippen LogP contribution in [0.4, 0.5) is 0 Å². The topological polar surface area (TPSA) is 108 Å². The van der Waals surface area contributed by atoms with Gasteiger partial charge in [0.05, 0.1) is 34.4 Å². The maximum absolute atomic E-state index is 12.9. The van der Waals surface area contributed by atoms with E-state index < -0.39 is 24.3 Å². The van der Waals surface area contributed by atoms with E-state index in [1.54, 1.807) is 0 Å². The summed E-state index contributed by atoms with van der Waals surface area (Å²) in [5.74, 6) is -2.04. The zero-order valence-electron chi connectivity index (χ0n) is 48.7. The lowest BCUT2D eigenvalue weighted by Gasteiger charge is -2.25. The molecule has 9 nitrogen and oxygen atoms in total. The number of aliphatic carboxylic acids is 1. The molecule has 0 saturated carbocycles. The second-order valence-electron chi connectivity index (χ2n) is 20.9. The van der Waals surface area contributed by atoms with Crippen LogP contribution in [0.3, 0.4) is 0 Å². The number of allylic oxidation sites excluding steroid dienone is 18. The van der Waals surface area contributed by atoms with Crippen LogP contribution in [0.1, 0.15) is 232 Å². The molecule has 0 aromatic heterocycles. The van der Waals surface area contributed by atoms with E-state index in [0.717, 1.165) is 109 Å². The number of unbranched alkanes of at least 4 members (excludes halogenated alkanes) is 21. The van der Waals surface area contributed by atoms with Gasteiger partial charge < -0.3 is 28.5 Å². The van der Waals surface area contributed by atoms with Gasteiger partial charge in [-0.3, -0.25) is 9.59 Å². The second-order valence-corrected chi connectivity index (χ2v) is 20.9. The number of carbonyl (C=O) groups is 3. The molecule has 0 aromatic carbocycles. The highest BCUT2D eigenvalue weighted by molar-refractivity contribution is 5.71. The quantitative estimate of drug-likeness (QED) is 0.0211. The van der Waals surface area contributed by atoms with Crippen LogP contribution < -0.4 is 0 Å². The van der Waals surface area contributed by atoms with Crippen LogP contribution in [-0.2, 0) is 33.3 Å². The molecule has 0 aliphatic rings. The van der Waals surface area contributed by atoms with Gasteiger partial charge in [0, 0.05) is 12.8 Å². The maximum atomic E-state index is 12.9. The van der Waals surface area contributed by atoms with Gasteiger partial charge in [0.15, 0.2) is 6.10 Å². The summed E-state index contributed by atoms with van der Waals surface area (Å²) in [4.78, 5) is 37.5. The lowest BCUT2D eigenvalue weighted by molar-refractivity contribution is -0.870. The maximum Gasteiger partial charge on any atom is 0.361 e. The number of likely N-dealkylation sites (N-methyl/N-ethyl adjacent to an activating group) is 1. The number of esters is 2. The van der Waals surface area contributed by atoms with Gasteiger partial charge in [-0.15, -0.1) is 0 Å². The summed E-state index contributed by atoms with van der Waals surface area (Å²) >= 11 is 0. The van der Waals surface area contributed by atoms with Crippen LogP contribution in [0.2, 0.25) is 0 Å². The van der Waals surface area contributed by atoms with Crippen molar-refractivity contribution >= 4 is 17.9 Å². The summed E-state index contributed by atoms with van der Waals surface area (Å²) in [5, 5.41) is 9.71. The van der Waals surface area contributed by atoms with Gasteiger partial charge in [0.2, 0.25) is 0 Å². The molecule has 0 saturated heterocycles. The van der Waals surface area contributed by atoms with E-state index in [1.165, 1.54) is 89.9 Å². The number of quaternary nitrogens is 1. The highest BCUT2D eigenvalue weighted by Crippen LogP contribution is 2.16. The largest absolute Gasteiger partial charge is 0.477 e. The monoisotopic (exact) mass is 1050 g/mol. The predicted octanol–water partition coefficient (Wildman–Crippen LogP) is 17.9. The lowest BCUT2D eigenvalue weighted by Crippen LogP contribution is -2.40. The molecule has 0 heterocycles. The third-order valence-electron chi connectivity index (χ3n) is 12.5. The molecule has 0 aromatic rings. The fourth-order valence-electron chi connectivity index (χ4n) is 7.97. The fraction of sp³-hybridized carbons (Fsp3) is 0.682. The Morgan fingerprint density at radius 2 is 0.720 bits per heavy atom. The Hall–Kier alpha value is -4.05. The van der Waals surface area contributed by atoms with Gasteiger partial charge >= 0.3 is 17.9 Å². The van der Waals surface area contributed by atoms with Gasteiger partial charge in [0.25, 0.3) is 6.29 Å². The molecule has 0 fully saturated rings. The highest BCUT2D eigenvalue weighted by Gasteiger charge is 2.25. The van der Waals surface area contributed by atoms with E-state index in [-0.39, 0.29) is 32.2 Å². The van der Waals surface area contributed by atoms with Crippen molar-refractivity contribution in [2.24, 2.45) is 0 Å². The molecular weight excluding hydrogens is 935 g/mol. The molecule has 0 spiro atoms.